The highest BCUT2D eigenvalue weighted by Crippen LogP contribution is 2.26. The molecule has 0 spiro atoms. The summed E-state index contributed by atoms with van der Waals surface area (Å²) in [6, 6.07) is 9.42. The van der Waals surface area contributed by atoms with Crippen LogP contribution in [-0.2, 0) is 6.54 Å². The minimum Gasteiger partial charge on any atom is -1.00 e. The topological polar surface area (TPSA) is 33.3 Å². The molecule has 0 saturated heterocycles. The second-order valence-electron chi connectivity index (χ2n) is 4.23. The standard InChI is InChI=1S/C16H17NO2.BrH/c1-3-17-10-8-13(9-11-17)4-5-14-6-7-15(18)16(12-14)19-2;/h4-12H,3H2,1-2H3;1H. The third-order valence-corrected chi connectivity index (χ3v) is 2.95. The molecule has 20 heavy (non-hydrogen) atoms. The maximum atomic E-state index is 9.53. The van der Waals surface area contributed by atoms with Crippen molar-refractivity contribution >= 4 is 12.2 Å². The Morgan fingerprint density at radius 2 is 1.75 bits per heavy atom. The molecule has 0 aliphatic rings. The highest BCUT2D eigenvalue weighted by Gasteiger charge is 2.00. The van der Waals surface area contributed by atoms with Crippen molar-refractivity contribution < 1.29 is 31.4 Å². The number of aromatic nitrogens is 1. The van der Waals surface area contributed by atoms with Crippen LogP contribution in [0.25, 0.3) is 12.2 Å². The van der Waals surface area contributed by atoms with Crippen LogP contribution in [0.15, 0.2) is 42.7 Å². The van der Waals surface area contributed by atoms with Crippen LogP contribution in [0.3, 0.4) is 0 Å². The summed E-state index contributed by atoms with van der Waals surface area (Å²) in [6.07, 6.45) is 8.13. The van der Waals surface area contributed by atoms with Gasteiger partial charge in [-0.25, -0.2) is 4.57 Å². The number of ether oxygens (including phenoxy) is 1. The molecule has 3 nitrogen and oxygen atoms in total. The maximum Gasteiger partial charge on any atom is 0.169 e. The van der Waals surface area contributed by atoms with Crippen LogP contribution < -0.4 is 26.3 Å². The summed E-state index contributed by atoms with van der Waals surface area (Å²) in [4.78, 5) is 0. The number of halogens is 1. The summed E-state index contributed by atoms with van der Waals surface area (Å²) in [5, 5.41) is 9.53. The number of hydrogen-bond donors (Lipinski definition) is 1. The molecule has 0 radical (unpaired) electrons. The number of aryl methyl sites for hydroxylation is 1. The zero-order valence-corrected chi connectivity index (χ0v) is 13.2. The number of hydrogen-bond acceptors (Lipinski definition) is 2. The highest BCUT2D eigenvalue weighted by molar-refractivity contribution is 5.70. The highest BCUT2D eigenvalue weighted by atomic mass is 79.9. The first-order valence-corrected chi connectivity index (χ1v) is 6.27. The average Bonchev–Trinajstić information content (AvgIpc) is 2.47. The molecule has 0 amide bonds. The van der Waals surface area contributed by atoms with E-state index in [0.29, 0.717) is 5.75 Å². The number of rotatable bonds is 4. The Bertz CT molecular complexity index is 580. The van der Waals surface area contributed by atoms with Crippen LogP contribution in [0.2, 0.25) is 0 Å². The molecule has 1 N–H and O–H groups in total. The molecule has 1 heterocycles. The number of benzene rings is 1. The van der Waals surface area contributed by atoms with Gasteiger partial charge in [0.2, 0.25) is 0 Å². The van der Waals surface area contributed by atoms with Crippen LogP contribution in [-0.4, -0.2) is 12.2 Å². The average molecular weight is 336 g/mol. The summed E-state index contributed by atoms with van der Waals surface area (Å²) in [7, 11) is 1.54. The van der Waals surface area contributed by atoms with E-state index in [2.05, 4.69) is 36.0 Å². The van der Waals surface area contributed by atoms with Gasteiger partial charge in [0.05, 0.1) is 7.11 Å². The SMILES string of the molecule is CC[n+]1ccc(C=Cc2ccc(O)c(OC)c2)cc1.[Br-]. The van der Waals surface area contributed by atoms with Crippen molar-refractivity contribution in [3.05, 3.63) is 53.9 Å². The number of pyridine rings is 1. The summed E-state index contributed by atoms with van der Waals surface area (Å²) >= 11 is 0. The van der Waals surface area contributed by atoms with Gasteiger partial charge in [-0.15, -0.1) is 0 Å². The van der Waals surface area contributed by atoms with Gasteiger partial charge in [0.1, 0.15) is 6.54 Å². The van der Waals surface area contributed by atoms with Crippen molar-refractivity contribution in [1.29, 1.82) is 0 Å². The van der Waals surface area contributed by atoms with Crippen LogP contribution in [0.5, 0.6) is 11.5 Å². The summed E-state index contributed by atoms with van der Waals surface area (Å²) < 4.78 is 7.19. The van der Waals surface area contributed by atoms with Gasteiger partial charge < -0.3 is 26.8 Å². The number of phenolic OH excluding ortho intramolecular Hbond substituents is 1. The molecule has 1 aromatic carbocycles. The van der Waals surface area contributed by atoms with Gasteiger partial charge in [-0.05, 0) is 30.2 Å². The van der Waals surface area contributed by atoms with Gasteiger partial charge in [-0.3, -0.25) is 0 Å². The van der Waals surface area contributed by atoms with E-state index in [1.54, 1.807) is 19.2 Å². The zero-order valence-electron chi connectivity index (χ0n) is 11.6. The predicted molar refractivity (Wildman–Crippen MR) is 75.9 cm³/mol. The van der Waals surface area contributed by atoms with E-state index < -0.39 is 0 Å². The Kier molecular flexibility index (Phi) is 6.25. The fourth-order valence-corrected chi connectivity index (χ4v) is 1.78. The van der Waals surface area contributed by atoms with Crippen molar-refractivity contribution in [2.75, 3.05) is 7.11 Å². The van der Waals surface area contributed by atoms with Crippen molar-refractivity contribution in [2.45, 2.75) is 13.5 Å². The van der Waals surface area contributed by atoms with E-state index >= 15 is 0 Å². The minimum atomic E-state index is 0. The molecular weight excluding hydrogens is 318 g/mol. The summed E-state index contributed by atoms with van der Waals surface area (Å²) in [5.74, 6) is 0.641. The van der Waals surface area contributed by atoms with E-state index in [-0.39, 0.29) is 22.7 Å². The van der Waals surface area contributed by atoms with E-state index in [0.717, 1.165) is 17.7 Å². The van der Waals surface area contributed by atoms with E-state index in [1.807, 2.05) is 18.2 Å². The normalized spacial score (nSPS) is 10.3. The molecule has 4 heteroatoms. The predicted octanol–water partition coefficient (Wildman–Crippen LogP) is -0.117. The van der Waals surface area contributed by atoms with Gasteiger partial charge >= 0.3 is 0 Å². The van der Waals surface area contributed by atoms with Crippen LogP contribution in [0.1, 0.15) is 18.1 Å². The molecule has 2 aromatic rings. The molecule has 0 fully saturated rings. The quantitative estimate of drug-likeness (QED) is 0.790. The van der Waals surface area contributed by atoms with Crippen LogP contribution in [0, 0.1) is 0 Å². The van der Waals surface area contributed by atoms with Crippen molar-refractivity contribution in [3.8, 4) is 11.5 Å². The molecule has 0 saturated carbocycles. The third kappa shape index (κ3) is 4.10. The molecular formula is C16H18BrNO2. The Balaban J connectivity index is 0.00000200. The smallest absolute Gasteiger partial charge is 0.169 e. The molecule has 2 rings (SSSR count). The molecule has 0 atom stereocenters. The Hall–Kier alpha value is -1.81. The lowest BCUT2D eigenvalue weighted by atomic mass is 10.1. The van der Waals surface area contributed by atoms with Crippen LogP contribution >= 0.6 is 0 Å². The minimum absolute atomic E-state index is 0. The van der Waals surface area contributed by atoms with E-state index in [9.17, 15) is 5.11 Å². The van der Waals surface area contributed by atoms with Crippen molar-refractivity contribution in [1.82, 2.24) is 0 Å². The third-order valence-electron chi connectivity index (χ3n) is 2.95. The van der Waals surface area contributed by atoms with Gasteiger partial charge in [0, 0.05) is 12.1 Å². The van der Waals surface area contributed by atoms with E-state index in [1.165, 1.54) is 0 Å². The molecule has 1 aromatic heterocycles. The van der Waals surface area contributed by atoms with Gasteiger partial charge in [-0.1, -0.05) is 18.2 Å². The lowest BCUT2D eigenvalue weighted by Crippen LogP contribution is -3.00. The fraction of sp³-hybridized carbons (Fsp3) is 0.188. The zero-order chi connectivity index (χ0) is 13.7. The van der Waals surface area contributed by atoms with Crippen molar-refractivity contribution in [3.63, 3.8) is 0 Å². The van der Waals surface area contributed by atoms with Crippen LogP contribution in [0.4, 0.5) is 0 Å². The number of aromatic hydroxyl groups is 1. The first-order chi connectivity index (χ1) is 9.22. The fourth-order valence-electron chi connectivity index (χ4n) is 1.78. The number of phenols is 1. The van der Waals surface area contributed by atoms with Gasteiger partial charge in [-0.2, -0.15) is 0 Å². The molecule has 106 valence electrons. The second kappa shape index (κ2) is 7.70. The maximum absolute atomic E-state index is 9.53. The molecule has 0 aliphatic heterocycles. The first kappa shape index (κ1) is 16.2. The molecule has 0 bridgehead atoms. The lowest BCUT2D eigenvalue weighted by molar-refractivity contribution is -0.693. The van der Waals surface area contributed by atoms with Crippen molar-refractivity contribution in [2.24, 2.45) is 0 Å². The Labute approximate surface area is 129 Å². The second-order valence-corrected chi connectivity index (χ2v) is 4.23. The largest absolute Gasteiger partial charge is 1.00 e. The number of nitrogens with zero attached hydrogens (tertiary/aromatic N) is 1. The van der Waals surface area contributed by atoms with E-state index in [4.69, 9.17) is 4.74 Å². The summed E-state index contributed by atoms with van der Waals surface area (Å²) in [5.41, 5.74) is 2.12. The molecule has 0 unspecified atom stereocenters. The Morgan fingerprint density at radius 3 is 2.35 bits per heavy atom. The first-order valence-electron chi connectivity index (χ1n) is 6.27. The summed E-state index contributed by atoms with van der Waals surface area (Å²) in [6.45, 7) is 3.08. The Morgan fingerprint density at radius 1 is 1.10 bits per heavy atom. The number of methoxy groups -OCH3 is 1. The monoisotopic (exact) mass is 335 g/mol. The van der Waals surface area contributed by atoms with Gasteiger partial charge in [0.25, 0.3) is 0 Å². The molecule has 0 aliphatic carbocycles. The lowest BCUT2D eigenvalue weighted by Gasteiger charge is -2.03. The van der Waals surface area contributed by atoms with Gasteiger partial charge in [0.15, 0.2) is 23.9 Å².